The van der Waals surface area contributed by atoms with Crippen LogP contribution in [0.25, 0.3) is 17.0 Å². The molecule has 9 nitrogen and oxygen atoms in total. The summed E-state index contributed by atoms with van der Waals surface area (Å²) in [7, 11) is 1.40. The normalized spacial score (nSPS) is 25.1. The average molecular weight is 470 g/mol. The molecule has 0 saturated carbocycles. The van der Waals surface area contributed by atoms with Gasteiger partial charge in [-0.05, 0) is 41.5 Å². The van der Waals surface area contributed by atoms with E-state index in [1.807, 2.05) is 12.1 Å². The second-order valence-corrected chi connectivity index (χ2v) is 8.17. The maximum absolute atomic E-state index is 13.1. The summed E-state index contributed by atoms with van der Waals surface area (Å²) in [6.07, 6.45) is -2.26. The highest BCUT2D eigenvalue weighted by Gasteiger charge is 2.43. The van der Waals surface area contributed by atoms with Crippen LogP contribution in [-0.2, 0) is 11.2 Å². The van der Waals surface area contributed by atoms with Gasteiger partial charge in [0.2, 0.25) is 0 Å². The number of rotatable bonds is 7. The number of fused-ring (bicyclic) bond motifs is 1. The van der Waals surface area contributed by atoms with Crippen molar-refractivity contribution in [3.63, 3.8) is 0 Å². The molecule has 1 aromatic heterocycles. The lowest BCUT2D eigenvalue weighted by Crippen LogP contribution is -2.59. The number of furan rings is 1. The van der Waals surface area contributed by atoms with Crippen LogP contribution in [0.1, 0.15) is 21.5 Å². The molecular weight excluding hydrogens is 444 g/mol. The van der Waals surface area contributed by atoms with E-state index in [0.717, 1.165) is 16.5 Å². The van der Waals surface area contributed by atoms with Gasteiger partial charge in [-0.15, -0.1) is 0 Å². The van der Waals surface area contributed by atoms with Crippen LogP contribution in [0.2, 0.25) is 0 Å². The monoisotopic (exact) mass is 470 g/mol. The summed E-state index contributed by atoms with van der Waals surface area (Å²) >= 11 is 0. The highest BCUT2D eigenvalue weighted by Crippen LogP contribution is 2.32. The molecule has 180 valence electrons. The molecule has 3 aromatic rings. The fraction of sp³-hybridized carbons (Fsp3) is 0.320. The Morgan fingerprint density at radius 3 is 2.56 bits per heavy atom. The number of carbonyl (C=O) groups excluding carboxylic acids is 1. The van der Waals surface area contributed by atoms with Gasteiger partial charge in [-0.1, -0.05) is 12.1 Å². The summed E-state index contributed by atoms with van der Waals surface area (Å²) in [6, 6.07) is 10.1. The number of hydrogen-bond donors (Lipinski definition) is 5. The van der Waals surface area contributed by atoms with Gasteiger partial charge in [-0.2, -0.15) is 0 Å². The zero-order valence-electron chi connectivity index (χ0n) is 18.4. The van der Waals surface area contributed by atoms with Crippen LogP contribution in [0.15, 0.2) is 53.2 Å². The lowest BCUT2D eigenvalue weighted by molar-refractivity contribution is -0.228. The van der Waals surface area contributed by atoms with Crippen LogP contribution in [0, 0.1) is 0 Å². The number of aliphatic hydroxyl groups excluding tert-OH is 4. The third-order valence-corrected chi connectivity index (χ3v) is 5.97. The number of allylic oxidation sites excluding steroid dienone is 1. The Labute approximate surface area is 195 Å². The van der Waals surface area contributed by atoms with E-state index in [1.165, 1.54) is 25.3 Å². The molecule has 1 saturated heterocycles. The van der Waals surface area contributed by atoms with Gasteiger partial charge in [0.05, 0.1) is 31.6 Å². The molecule has 1 aliphatic rings. The van der Waals surface area contributed by atoms with Crippen LogP contribution in [0.4, 0.5) is 0 Å². The number of ether oxygens (including phenoxy) is 2. The zero-order valence-corrected chi connectivity index (χ0v) is 18.4. The minimum Gasteiger partial charge on any atom is -0.507 e. The number of carbonyl (C=O) groups is 1. The Balaban J connectivity index is 1.64. The molecule has 34 heavy (non-hydrogen) atoms. The predicted molar refractivity (Wildman–Crippen MR) is 122 cm³/mol. The summed E-state index contributed by atoms with van der Waals surface area (Å²) in [5.41, 5.74) is 1.77. The molecule has 0 aliphatic carbocycles. The Morgan fingerprint density at radius 2 is 1.82 bits per heavy atom. The summed E-state index contributed by atoms with van der Waals surface area (Å²) in [5, 5.41) is 51.4. The van der Waals surface area contributed by atoms with Gasteiger partial charge < -0.3 is 39.4 Å². The Hall–Kier alpha value is -3.21. The van der Waals surface area contributed by atoms with E-state index in [4.69, 9.17) is 13.9 Å². The number of aromatic hydroxyl groups is 1. The minimum atomic E-state index is -1.55. The van der Waals surface area contributed by atoms with Crippen molar-refractivity contribution in [3.8, 4) is 11.5 Å². The number of aliphatic hydroxyl groups is 4. The molecule has 0 amide bonds. The first-order valence-electron chi connectivity index (χ1n) is 10.7. The smallest absolute Gasteiger partial charge is 0.189 e. The third kappa shape index (κ3) is 4.70. The number of phenolic OH excluding ortho intramolecular Hbond substituents is 1. The predicted octanol–water partition coefficient (Wildman–Crippen LogP) is 1.43. The second-order valence-electron chi connectivity index (χ2n) is 8.17. The molecule has 5 unspecified atom stereocenters. The quantitative estimate of drug-likeness (QED) is 0.255. The SMILES string of the molecule is COc1cc(O)c(C(=O)/C=C/c2ccc3occc3c2)c(CC2OC(CO)C(O)C(O)C2O)c1. The van der Waals surface area contributed by atoms with Crippen molar-refractivity contribution in [1.82, 2.24) is 0 Å². The molecule has 5 atom stereocenters. The largest absolute Gasteiger partial charge is 0.507 e. The van der Waals surface area contributed by atoms with E-state index in [9.17, 15) is 30.3 Å². The topological polar surface area (TPSA) is 150 Å². The first kappa shape index (κ1) is 23.9. The van der Waals surface area contributed by atoms with E-state index in [0.29, 0.717) is 5.56 Å². The fourth-order valence-electron chi connectivity index (χ4n) is 4.13. The third-order valence-electron chi connectivity index (χ3n) is 5.97. The van der Waals surface area contributed by atoms with Crippen LogP contribution < -0.4 is 4.74 Å². The van der Waals surface area contributed by atoms with E-state index in [1.54, 1.807) is 24.5 Å². The zero-order chi connectivity index (χ0) is 24.4. The van der Waals surface area contributed by atoms with Crippen molar-refractivity contribution < 1.29 is 44.2 Å². The summed E-state index contributed by atoms with van der Waals surface area (Å²) in [6.45, 7) is -0.569. The first-order chi connectivity index (χ1) is 16.3. The van der Waals surface area contributed by atoms with E-state index >= 15 is 0 Å². The molecule has 9 heteroatoms. The Morgan fingerprint density at radius 1 is 1.06 bits per heavy atom. The lowest BCUT2D eigenvalue weighted by Gasteiger charge is -2.40. The molecule has 2 aromatic carbocycles. The number of hydrogen-bond acceptors (Lipinski definition) is 9. The van der Waals surface area contributed by atoms with Crippen molar-refractivity contribution in [3.05, 3.63) is 65.4 Å². The Kier molecular flexibility index (Phi) is 7.01. The first-order valence-corrected chi connectivity index (χ1v) is 10.7. The molecule has 1 fully saturated rings. The van der Waals surface area contributed by atoms with Crippen molar-refractivity contribution in [2.75, 3.05) is 13.7 Å². The van der Waals surface area contributed by atoms with Crippen LogP contribution in [0.5, 0.6) is 11.5 Å². The van der Waals surface area contributed by atoms with E-state index in [-0.39, 0.29) is 23.5 Å². The lowest BCUT2D eigenvalue weighted by atomic mass is 9.89. The summed E-state index contributed by atoms with van der Waals surface area (Å²) in [5.74, 6) is -0.533. The summed E-state index contributed by atoms with van der Waals surface area (Å²) < 4.78 is 16.1. The average Bonchev–Trinajstić information content (AvgIpc) is 3.30. The van der Waals surface area contributed by atoms with Gasteiger partial charge in [0.25, 0.3) is 0 Å². The maximum atomic E-state index is 13.1. The van der Waals surface area contributed by atoms with E-state index in [2.05, 4.69) is 0 Å². The van der Waals surface area contributed by atoms with Crippen molar-refractivity contribution in [1.29, 1.82) is 0 Å². The van der Waals surface area contributed by atoms with Crippen LogP contribution in [-0.4, -0.2) is 75.6 Å². The molecule has 0 spiro atoms. The number of phenols is 1. The van der Waals surface area contributed by atoms with Crippen molar-refractivity contribution in [2.45, 2.75) is 36.9 Å². The highest BCUT2D eigenvalue weighted by atomic mass is 16.5. The molecule has 4 rings (SSSR count). The maximum Gasteiger partial charge on any atom is 0.189 e. The highest BCUT2D eigenvalue weighted by molar-refractivity contribution is 6.09. The second kappa shape index (κ2) is 9.96. The standard InChI is InChI=1S/C25H26O9/c1-32-16-9-15(10-20-23(29)25(31)24(30)21(12-26)34-20)22(18(28)11-16)17(27)4-2-13-3-5-19-14(8-13)6-7-33-19/h2-9,11,20-21,23-26,28-31H,10,12H2,1H3/b4-2+. The van der Waals surface area contributed by atoms with Gasteiger partial charge in [0, 0.05) is 17.9 Å². The van der Waals surface area contributed by atoms with E-state index < -0.39 is 42.9 Å². The van der Waals surface area contributed by atoms with Crippen molar-refractivity contribution >= 4 is 22.8 Å². The number of ketones is 1. The van der Waals surface area contributed by atoms with Gasteiger partial charge in [-0.25, -0.2) is 0 Å². The number of methoxy groups -OCH3 is 1. The van der Waals surface area contributed by atoms with Gasteiger partial charge in [-0.3, -0.25) is 4.79 Å². The van der Waals surface area contributed by atoms with Gasteiger partial charge in [0.1, 0.15) is 41.5 Å². The molecule has 1 aliphatic heterocycles. The fourth-order valence-corrected chi connectivity index (χ4v) is 4.13. The van der Waals surface area contributed by atoms with Crippen LogP contribution >= 0.6 is 0 Å². The number of benzene rings is 2. The van der Waals surface area contributed by atoms with Crippen LogP contribution in [0.3, 0.4) is 0 Å². The molecular formula is C25H26O9. The van der Waals surface area contributed by atoms with Gasteiger partial charge >= 0.3 is 0 Å². The minimum absolute atomic E-state index is 0.0154. The Bertz CT molecular complexity index is 1200. The van der Waals surface area contributed by atoms with Gasteiger partial charge in [0.15, 0.2) is 5.78 Å². The molecule has 2 heterocycles. The molecule has 5 N–H and O–H groups in total. The molecule has 0 radical (unpaired) electrons. The summed E-state index contributed by atoms with van der Waals surface area (Å²) in [4.78, 5) is 13.1. The molecule has 0 bridgehead atoms. The van der Waals surface area contributed by atoms with Crippen molar-refractivity contribution in [2.24, 2.45) is 0 Å².